The van der Waals surface area contributed by atoms with E-state index in [1.54, 1.807) is 41.5 Å². The van der Waals surface area contributed by atoms with E-state index in [1.165, 1.54) is 0 Å². The minimum absolute atomic E-state index is 0. The van der Waals surface area contributed by atoms with Gasteiger partial charge in [-0.3, -0.25) is 14.6 Å². The van der Waals surface area contributed by atoms with Crippen molar-refractivity contribution in [1.29, 1.82) is 0 Å². The summed E-state index contributed by atoms with van der Waals surface area (Å²) in [5, 5.41) is 11.3. The molecule has 302 valence electrons. The molecule has 0 bridgehead atoms. The Morgan fingerprint density at radius 3 is 1.39 bits per heavy atom. The molecule has 2 aliphatic heterocycles. The predicted molar refractivity (Wildman–Crippen MR) is 196 cm³/mol. The van der Waals surface area contributed by atoms with Gasteiger partial charge in [0.25, 0.3) is 6.47 Å². The molecule has 1 amide bonds. The maximum atomic E-state index is 11.9. The van der Waals surface area contributed by atoms with Gasteiger partial charge >= 0.3 is 77.5 Å². The van der Waals surface area contributed by atoms with Crippen molar-refractivity contribution in [2.75, 3.05) is 52.6 Å². The number of carbonyl (C=O) groups is 4. The number of amides is 1. The fourth-order valence-corrected chi connectivity index (χ4v) is 4.40. The van der Waals surface area contributed by atoms with Gasteiger partial charge in [0, 0.05) is 32.2 Å². The topological polar surface area (TPSA) is 200 Å². The van der Waals surface area contributed by atoms with Gasteiger partial charge in [-0.25, -0.2) is 14.4 Å². The molecule has 2 saturated heterocycles. The average Bonchev–Trinajstić information content (AvgIpc) is 3.63. The molecule has 54 heavy (non-hydrogen) atoms. The van der Waals surface area contributed by atoms with E-state index < -0.39 is 35.2 Å². The minimum atomic E-state index is -1.06. The summed E-state index contributed by atoms with van der Waals surface area (Å²) in [6.07, 6.45) is 4.92. The van der Waals surface area contributed by atoms with Crippen molar-refractivity contribution in [1.82, 2.24) is 15.1 Å². The molecule has 2 aliphatic rings. The van der Waals surface area contributed by atoms with Crippen LogP contribution in [0.4, 0.5) is 14.4 Å². The van der Waals surface area contributed by atoms with Crippen LogP contribution in [0.15, 0.2) is 50.6 Å². The van der Waals surface area contributed by atoms with Crippen LogP contribution in [0.1, 0.15) is 63.7 Å². The van der Waals surface area contributed by atoms with Crippen molar-refractivity contribution >= 4 is 24.9 Å². The smallest absolute Gasteiger partial charge is 1.00 e. The van der Waals surface area contributed by atoms with Crippen LogP contribution >= 0.6 is 0 Å². The van der Waals surface area contributed by atoms with Gasteiger partial charge in [-0.2, -0.15) is 0 Å². The van der Waals surface area contributed by atoms with E-state index >= 15 is 0 Å². The van der Waals surface area contributed by atoms with E-state index in [0.29, 0.717) is 25.9 Å². The summed E-state index contributed by atoms with van der Waals surface area (Å²) < 4.78 is 29.9. The molecule has 18 heteroatoms. The molecule has 4 atom stereocenters. The van der Waals surface area contributed by atoms with Crippen molar-refractivity contribution < 1.29 is 118 Å². The minimum Gasteiger partial charge on any atom is -1.00 e. The number of hydrogen-bond donors (Lipinski definition) is 2. The Bertz CT molecular complexity index is 1070. The van der Waals surface area contributed by atoms with E-state index in [4.69, 9.17) is 39.5 Å². The Labute approximate surface area is 368 Å². The maximum absolute atomic E-state index is 11.9. The quantitative estimate of drug-likeness (QED) is 0.0314. The number of hydrogen-bond acceptors (Lipinski definition) is 15. The average molecular weight is 791 g/mol. The van der Waals surface area contributed by atoms with Crippen molar-refractivity contribution in [2.24, 2.45) is 5.73 Å². The monoisotopic (exact) mass is 790 g/mol. The van der Waals surface area contributed by atoms with Crippen LogP contribution in [0, 0.1) is 0 Å². The molecule has 2 heterocycles. The first kappa shape index (κ1) is 58.9. The SMILES string of the molecule is C=CCN(CC=C)[C@H]1COC[C@@H]1N.C=CCN(CC=C)[C@H]1COC[C@@H]1NC(=O)OC(C)(C)C.CC(C)(C)OC(=O)OC(=O)OC(C)(C)C.O=CO[O-].[H-].[Na+].[Na+]. The second-order valence-corrected chi connectivity index (χ2v) is 14.4. The first-order valence-electron chi connectivity index (χ1n) is 16.8. The molecule has 3 N–H and O–H groups in total. The third-order valence-electron chi connectivity index (χ3n) is 6.22. The molecule has 0 radical (unpaired) electrons. The molecule has 0 saturated carbocycles. The molecule has 0 aromatic carbocycles. The van der Waals surface area contributed by atoms with Crippen LogP contribution in [0.3, 0.4) is 0 Å². The second kappa shape index (κ2) is 31.3. The second-order valence-electron chi connectivity index (χ2n) is 14.4. The van der Waals surface area contributed by atoms with E-state index in [1.807, 2.05) is 45.1 Å². The fraction of sp³-hybridized carbons (Fsp3) is 0.667. The summed E-state index contributed by atoms with van der Waals surface area (Å²) in [6.45, 7) is 35.9. The molecular weight excluding hydrogens is 726 g/mol. The van der Waals surface area contributed by atoms with Gasteiger partial charge in [0.05, 0.1) is 44.6 Å². The molecule has 2 fully saturated rings. The fourth-order valence-electron chi connectivity index (χ4n) is 4.40. The number of alkyl carbamates (subject to hydrolysis) is 1. The van der Waals surface area contributed by atoms with Crippen LogP contribution in [-0.2, 0) is 38.1 Å². The molecule has 16 nitrogen and oxygen atoms in total. The summed E-state index contributed by atoms with van der Waals surface area (Å²) in [5.74, 6) is 0. The van der Waals surface area contributed by atoms with Gasteiger partial charge in [-0.15, -0.1) is 26.3 Å². The Hall–Kier alpha value is -1.80. The van der Waals surface area contributed by atoms with E-state index in [-0.39, 0.29) is 85.1 Å². The largest absolute Gasteiger partial charge is 1.00 e. The van der Waals surface area contributed by atoms with Crippen LogP contribution in [0.5, 0.6) is 0 Å². The Morgan fingerprint density at radius 1 is 0.722 bits per heavy atom. The number of ether oxygens (including phenoxy) is 6. The van der Waals surface area contributed by atoms with Crippen LogP contribution in [0.25, 0.3) is 0 Å². The Balaban J connectivity index is -0.000000215. The van der Waals surface area contributed by atoms with Gasteiger partial charge < -0.3 is 51.0 Å². The zero-order chi connectivity index (χ0) is 40.5. The van der Waals surface area contributed by atoms with Gasteiger partial charge in [0.1, 0.15) is 16.8 Å². The van der Waals surface area contributed by atoms with Crippen molar-refractivity contribution in [3.05, 3.63) is 50.6 Å². The Morgan fingerprint density at radius 2 is 1.07 bits per heavy atom. The molecule has 2 rings (SSSR count). The summed E-state index contributed by atoms with van der Waals surface area (Å²) >= 11 is 0. The van der Waals surface area contributed by atoms with Crippen LogP contribution in [-0.4, -0.2) is 128 Å². The van der Waals surface area contributed by atoms with Gasteiger partial charge in [0.2, 0.25) is 0 Å². The normalized spacial score (nSPS) is 18.8. The number of rotatable bonds is 12. The van der Waals surface area contributed by atoms with Crippen LogP contribution < -0.4 is 75.4 Å². The third-order valence-corrected chi connectivity index (χ3v) is 6.22. The summed E-state index contributed by atoms with van der Waals surface area (Å²) in [6, 6.07) is 0.471. The molecular formula is C36H64N4Na2O12. The van der Waals surface area contributed by atoms with Crippen molar-refractivity contribution in [2.45, 2.75) is 103 Å². The van der Waals surface area contributed by atoms with Crippen molar-refractivity contribution in [3.63, 3.8) is 0 Å². The summed E-state index contributed by atoms with van der Waals surface area (Å²) in [5.41, 5.74) is 4.02. The first-order chi connectivity index (χ1) is 24.1. The molecule has 0 unspecified atom stereocenters. The molecule has 0 aromatic heterocycles. The predicted octanol–water partition coefficient (Wildman–Crippen LogP) is -2.23. The van der Waals surface area contributed by atoms with E-state index in [9.17, 15) is 14.4 Å². The summed E-state index contributed by atoms with van der Waals surface area (Å²) in [7, 11) is 0. The molecule has 0 aliphatic carbocycles. The number of nitrogens with two attached hydrogens (primary N) is 1. The van der Waals surface area contributed by atoms with E-state index in [0.717, 1.165) is 32.8 Å². The van der Waals surface area contributed by atoms with Gasteiger partial charge in [0.15, 0.2) is 0 Å². The number of carbonyl (C=O) groups excluding carboxylic acids is 4. The van der Waals surface area contributed by atoms with Crippen molar-refractivity contribution in [3.8, 4) is 0 Å². The molecule has 0 aromatic rings. The van der Waals surface area contributed by atoms with E-state index in [2.05, 4.69) is 51.1 Å². The first-order valence-corrected chi connectivity index (χ1v) is 16.8. The molecule has 0 spiro atoms. The number of nitrogens with one attached hydrogen (secondary N) is 1. The standard InChI is InChI=1S/C15H26N2O3.C10H18N2O.C10H18O5.CH2O3.2Na.H/c1-6-8-17(9-7-2)13-11-19-10-12(13)16-14(18)20-15(3,4)5;1-3-5-12(6-4-2)10-8-13-7-9(10)11;1-9(2,3)14-7(11)13-8(12)15-10(4,5)6;2-1-4-3;;;/h6-7,12-13H,1-2,8-11H2,3-5H3,(H,16,18);3-4,9-10H,1-2,5-8,11H2;1-6H3;1,3H;;;/q;;;;2*+1;-1/p-1/t12-,13-;9-,10-;;;;;/m00...../s1. The summed E-state index contributed by atoms with van der Waals surface area (Å²) in [4.78, 5) is 49.5. The zero-order valence-corrected chi connectivity index (χ0v) is 38.6. The number of nitrogens with zero attached hydrogens (tertiary/aromatic N) is 2. The van der Waals surface area contributed by atoms with Crippen LogP contribution in [0.2, 0.25) is 0 Å². The van der Waals surface area contributed by atoms with Gasteiger partial charge in [-0.1, -0.05) is 24.3 Å². The zero-order valence-electron chi connectivity index (χ0n) is 35.6. The third kappa shape index (κ3) is 31.4. The Kier molecular flexibility index (Phi) is 34.1. The van der Waals surface area contributed by atoms with Gasteiger partial charge in [-0.05, 0) is 62.3 Å². The maximum Gasteiger partial charge on any atom is 1.00 e.